The first-order valence-corrected chi connectivity index (χ1v) is 7.44. The minimum atomic E-state index is -3.47. The Morgan fingerprint density at radius 3 is 2.67 bits per heavy atom. The Bertz CT molecular complexity index is 533. The monoisotopic (exact) mass is 274 g/mol. The van der Waals surface area contributed by atoms with Gasteiger partial charge in [0.15, 0.2) is 9.84 Å². The van der Waals surface area contributed by atoms with Crippen molar-refractivity contribution in [2.45, 2.75) is 44.7 Å². The number of carboxylic acid groups (broad SMARTS) is 1. The Morgan fingerprint density at radius 2 is 2.17 bits per heavy atom. The number of carboxylic acids is 1. The highest BCUT2D eigenvalue weighted by Crippen LogP contribution is 2.15. The van der Waals surface area contributed by atoms with E-state index in [9.17, 15) is 13.2 Å². The average molecular weight is 274 g/mol. The molecule has 1 N–H and O–H groups in total. The summed E-state index contributed by atoms with van der Waals surface area (Å²) in [5.74, 6) is -1.28. The first-order chi connectivity index (χ1) is 8.26. The van der Waals surface area contributed by atoms with Gasteiger partial charge in [0.2, 0.25) is 0 Å². The van der Waals surface area contributed by atoms with E-state index in [1.54, 1.807) is 17.7 Å². The number of hydrogen-bond donors (Lipinski definition) is 1. The van der Waals surface area contributed by atoms with Crippen LogP contribution in [-0.2, 0) is 26.9 Å². The number of rotatable bonds is 6. The predicted octanol–water partition coefficient (Wildman–Crippen LogP) is 0.989. The average Bonchev–Trinajstić information content (AvgIpc) is 2.56. The Labute approximate surface area is 107 Å². The summed E-state index contributed by atoms with van der Waals surface area (Å²) in [7, 11) is -3.47. The molecule has 0 aliphatic rings. The third-order valence-corrected chi connectivity index (χ3v) is 4.80. The van der Waals surface area contributed by atoms with Crippen LogP contribution < -0.4 is 0 Å². The molecule has 1 unspecified atom stereocenters. The SMILES string of the molecule is CCn1nc(C)cc1CS(=O)(=O)C(C)CC(=O)O. The van der Waals surface area contributed by atoms with Crippen molar-refractivity contribution < 1.29 is 18.3 Å². The summed E-state index contributed by atoms with van der Waals surface area (Å²) in [4.78, 5) is 10.6. The van der Waals surface area contributed by atoms with E-state index in [0.29, 0.717) is 12.2 Å². The van der Waals surface area contributed by atoms with E-state index >= 15 is 0 Å². The maximum atomic E-state index is 12.0. The summed E-state index contributed by atoms with van der Waals surface area (Å²) in [6, 6.07) is 1.72. The van der Waals surface area contributed by atoms with Crippen LogP contribution in [0.5, 0.6) is 0 Å². The van der Waals surface area contributed by atoms with Gasteiger partial charge in [0.25, 0.3) is 0 Å². The van der Waals surface area contributed by atoms with Gasteiger partial charge in [0.1, 0.15) is 0 Å². The fourth-order valence-electron chi connectivity index (χ4n) is 1.71. The maximum absolute atomic E-state index is 12.0. The highest BCUT2D eigenvalue weighted by atomic mass is 32.2. The molecule has 0 aliphatic heterocycles. The molecular weight excluding hydrogens is 256 g/mol. The molecule has 0 spiro atoms. The number of aryl methyl sites for hydroxylation is 2. The zero-order valence-corrected chi connectivity index (χ0v) is 11.6. The molecule has 0 saturated heterocycles. The molecule has 0 aromatic carbocycles. The second-order valence-corrected chi connectivity index (χ2v) is 6.73. The van der Waals surface area contributed by atoms with Gasteiger partial charge < -0.3 is 5.11 Å². The molecule has 7 heteroatoms. The molecule has 1 aromatic rings. The largest absolute Gasteiger partial charge is 0.481 e. The van der Waals surface area contributed by atoms with Gasteiger partial charge in [-0.3, -0.25) is 9.48 Å². The molecule has 0 radical (unpaired) electrons. The van der Waals surface area contributed by atoms with Crippen LogP contribution in [0.1, 0.15) is 31.7 Å². The van der Waals surface area contributed by atoms with Crippen LogP contribution in [0.4, 0.5) is 0 Å². The highest BCUT2D eigenvalue weighted by molar-refractivity contribution is 7.91. The van der Waals surface area contributed by atoms with Crippen molar-refractivity contribution in [2.75, 3.05) is 0 Å². The fraction of sp³-hybridized carbons (Fsp3) is 0.636. The van der Waals surface area contributed by atoms with Crippen LogP contribution in [0.2, 0.25) is 0 Å². The van der Waals surface area contributed by atoms with Crippen molar-refractivity contribution in [3.05, 3.63) is 17.5 Å². The molecule has 6 nitrogen and oxygen atoms in total. The molecule has 18 heavy (non-hydrogen) atoms. The topological polar surface area (TPSA) is 89.3 Å². The molecule has 0 saturated carbocycles. The van der Waals surface area contributed by atoms with Crippen molar-refractivity contribution in [1.29, 1.82) is 0 Å². The van der Waals surface area contributed by atoms with Crippen molar-refractivity contribution in [1.82, 2.24) is 9.78 Å². The molecule has 1 atom stereocenters. The quantitative estimate of drug-likeness (QED) is 0.835. The van der Waals surface area contributed by atoms with Crippen LogP contribution in [0.25, 0.3) is 0 Å². The normalized spacial score (nSPS) is 13.5. The zero-order chi connectivity index (χ0) is 13.9. The predicted molar refractivity (Wildman–Crippen MR) is 67.0 cm³/mol. The van der Waals surface area contributed by atoms with E-state index in [1.807, 2.05) is 6.92 Å². The van der Waals surface area contributed by atoms with Gasteiger partial charge in [-0.1, -0.05) is 0 Å². The lowest BCUT2D eigenvalue weighted by Gasteiger charge is -2.11. The summed E-state index contributed by atoms with van der Waals surface area (Å²) in [5, 5.41) is 11.9. The molecule has 0 amide bonds. The van der Waals surface area contributed by atoms with E-state index < -0.39 is 21.1 Å². The Hall–Kier alpha value is -1.37. The third-order valence-electron chi connectivity index (χ3n) is 2.71. The summed E-state index contributed by atoms with van der Waals surface area (Å²) < 4.78 is 25.6. The Morgan fingerprint density at radius 1 is 1.56 bits per heavy atom. The van der Waals surface area contributed by atoms with Crippen molar-refractivity contribution in [3.8, 4) is 0 Å². The first-order valence-electron chi connectivity index (χ1n) is 5.73. The third kappa shape index (κ3) is 3.56. The van der Waals surface area contributed by atoms with Gasteiger partial charge in [-0.25, -0.2) is 8.42 Å². The number of aromatic nitrogens is 2. The molecular formula is C11H18N2O4S. The van der Waals surface area contributed by atoms with Gasteiger partial charge in [-0.15, -0.1) is 0 Å². The van der Waals surface area contributed by atoms with E-state index in [2.05, 4.69) is 5.10 Å². The van der Waals surface area contributed by atoms with Crippen molar-refractivity contribution in [3.63, 3.8) is 0 Å². The maximum Gasteiger partial charge on any atom is 0.304 e. The fourth-order valence-corrected chi connectivity index (χ4v) is 3.04. The molecule has 1 rings (SSSR count). The molecule has 0 fully saturated rings. The van der Waals surface area contributed by atoms with Crippen LogP contribution in [0.3, 0.4) is 0 Å². The molecule has 1 heterocycles. The van der Waals surface area contributed by atoms with Crippen LogP contribution in [-0.4, -0.2) is 34.5 Å². The van der Waals surface area contributed by atoms with Crippen LogP contribution in [0, 0.1) is 6.92 Å². The minimum absolute atomic E-state index is 0.171. The van der Waals surface area contributed by atoms with Crippen LogP contribution in [0.15, 0.2) is 6.07 Å². The summed E-state index contributed by atoms with van der Waals surface area (Å²) in [5.41, 5.74) is 1.36. The number of nitrogens with zero attached hydrogens (tertiary/aromatic N) is 2. The lowest BCUT2D eigenvalue weighted by Crippen LogP contribution is -2.24. The van der Waals surface area contributed by atoms with E-state index in [0.717, 1.165) is 5.69 Å². The number of hydrogen-bond acceptors (Lipinski definition) is 4. The molecule has 0 aliphatic carbocycles. The summed E-state index contributed by atoms with van der Waals surface area (Å²) >= 11 is 0. The molecule has 1 aromatic heterocycles. The zero-order valence-electron chi connectivity index (χ0n) is 10.8. The van der Waals surface area contributed by atoms with Gasteiger partial charge in [0.05, 0.1) is 28.8 Å². The van der Waals surface area contributed by atoms with Gasteiger partial charge in [-0.2, -0.15) is 5.10 Å². The molecule has 0 bridgehead atoms. The van der Waals surface area contributed by atoms with Crippen LogP contribution >= 0.6 is 0 Å². The first kappa shape index (κ1) is 14.7. The number of carbonyl (C=O) groups is 1. The van der Waals surface area contributed by atoms with E-state index in [1.165, 1.54) is 6.92 Å². The standard InChI is InChI=1S/C11H18N2O4S/c1-4-13-10(5-8(2)12-13)7-18(16,17)9(3)6-11(14)15/h5,9H,4,6-7H2,1-3H3,(H,14,15). The second-order valence-electron chi connectivity index (χ2n) is 4.31. The highest BCUT2D eigenvalue weighted by Gasteiger charge is 2.25. The van der Waals surface area contributed by atoms with E-state index in [-0.39, 0.29) is 12.2 Å². The van der Waals surface area contributed by atoms with Gasteiger partial charge >= 0.3 is 5.97 Å². The van der Waals surface area contributed by atoms with Gasteiger partial charge in [0, 0.05) is 6.54 Å². The number of sulfone groups is 1. The lowest BCUT2D eigenvalue weighted by molar-refractivity contribution is -0.136. The Balaban J connectivity index is 2.91. The van der Waals surface area contributed by atoms with Crippen molar-refractivity contribution in [2.24, 2.45) is 0 Å². The smallest absolute Gasteiger partial charge is 0.304 e. The molecule has 102 valence electrons. The van der Waals surface area contributed by atoms with Crippen molar-refractivity contribution >= 4 is 15.8 Å². The summed E-state index contributed by atoms with van der Waals surface area (Å²) in [6.07, 6.45) is -0.373. The Kier molecular flexibility index (Phi) is 4.50. The van der Waals surface area contributed by atoms with E-state index in [4.69, 9.17) is 5.11 Å². The lowest BCUT2D eigenvalue weighted by atomic mass is 10.3. The minimum Gasteiger partial charge on any atom is -0.481 e. The number of aliphatic carboxylic acids is 1. The van der Waals surface area contributed by atoms with Gasteiger partial charge in [-0.05, 0) is 26.8 Å². The second kappa shape index (κ2) is 5.51. The summed E-state index contributed by atoms with van der Waals surface area (Å²) in [6.45, 7) is 5.68.